The fourth-order valence-electron chi connectivity index (χ4n) is 2.80. The zero-order chi connectivity index (χ0) is 17.8. The van der Waals surface area contributed by atoms with Crippen molar-refractivity contribution in [3.05, 3.63) is 58.6 Å². The van der Waals surface area contributed by atoms with Crippen molar-refractivity contribution in [2.24, 2.45) is 0 Å². The molecule has 0 saturated carbocycles. The number of carbonyl (C=O) groups is 1. The smallest absolute Gasteiger partial charge is 0.264 e. The molecular formula is C19H20BrNO3S. The molecule has 6 heteroatoms. The van der Waals surface area contributed by atoms with Crippen molar-refractivity contribution in [3.8, 4) is 11.5 Å². The molecule has 3 rings (SSSR count). The molecular weight excluding hydrogens is 402 g/mol. The number of amides is 1. The highest BCUT2D eigenvalue weighted by Crippen LogP contribution is 2.40. The number of thioether (sulfide) groups is 1. The van der Waals surface area contributed by atoms with Gasteiger partial charge in [-0.25, -0.2) is 0 Å². The van der Waals surface area contributed by atoms with Gasteiger partial charge in [0.1, 0.15) is 16.9 Å². The lowest BCUT2D eigenvalue weighted by molar-refractivity contribution is -0.138. The predicted octanol–water partition coefficient (Wildman–Crippen LogP) is 4.50. The fourth-order valence-corrected chi connectivity index (χ4v) is 4.61. The van der Waals surface area contributed by atoms with Crippen LogP contribution in [-0.2, 0) is 4.79 Å². The van der Waals surface area contributed by atoms with Gasteiger partial charge >= 0.3 is 0 Å². The van der Waals surface area contributed by atoms with Crippen LogP contribution in [0.4, 0.5) is 0 Å². The van der Waals surface area contributed by atoms with E-state index in [0.717, 1.165) is 28.1 Å². The lowest BCUT2D eigenvalue weighted by atomic mass is 10.2. The Labute approximate surface area is 160 Å². The van der Waals surface area contributed by atoms with Gasteiger partial charge in [0.05, 0.1) is 11.6 Å². The maximum atomic E-state index is 12.9. The normalized spacial score (nSPS) is 18.0. The van der Waals surface area contributed by atoms with Gasteiger partial charge in [0.2, 0.25) is 0 Å². The van der Waals surface area contributed by atoms with Crippen LogP contribution in [0.15, 0.2) is 53.0 Å². The van der Waals surface area contributed by atoms with Crippen molar-refractivity contribution in [2.45, 2.75) is 18.4 Å². The van der Waals surface area contributed by atoms with E-state index in [1.807, 2.05) is 53.4 Å². The Hall–Kier alpha value is -1.66. The molecule has 0 N–H and O–H groups in total. The highest BCUT2D eigenvalue weighted by molar-refractivity contribution is 9.10. The van der Waals surface area contributed by atoms with Crippen molar-refractivity contribution < 1.29 is 14.3 Å². The Bertz CT molecular complexity index is 741. The Balaban J connectivity index is 1.74. The Morgan fingerprint density at radius 3 is 2.72 bits per heavy atom. The number of halogens is 1. The molecule has 132 valence electrons. The number of carbonyl (C=O) groups excluding carboxylic acids is 1. The first-order valence-corrected chi connectivity index (χ1v) is 9.91. The number of nitrogens with zero attached hydrogens (tertiary/aromatic N) is 1. The maximum absolute atomic E-state index is 12.9. The van der Waals surface area contributed by atoms with Crippen LogP contribution in [0.1, 0.15) is 17.9 Å². The summed E-state index contributed by atoms with van der Waals surface area (Å²) in [7, 11) is 1.64. The van der Waals surface area contributed by atoms with Gasteiger partial charge in [-0.1, -0.05) is 24.3 Å². The summed E-state index contributed by atoms with van der Waals surface area (Å²) in [6.07, 6.45) is -0.523. The summed E-state index contributed by atoms with van der Waals surface area (Å²) in [4.78, 5) is 14.8. The van der Waals surface area contributed by atoms with Gasteiger partial charge in [-0.15, -0.1) is 11.8 Å². The van der Waals surface area contributed by atoms with Crippen LogP contribution < -0.4 is 9.47 Å². The lowest BCUT2D eigenvalue weighted by Crippen LogP contribution is -2.40. The molecule has 2 atom stereocenters. The van der Waals surface area contributed by atoms with Crippen LogP contribution in [0.2, 0.25) is 0 Å². The third-order valence-corrected chi connectivity index (χ3v) is 5.92. The van der Waals surface area contributed by atoms with E-state index in [-0.39, 0.29) is 11.3 Å². The summed E-state index contributed by atoms with van der Waals surface area (Å²) in [6, 6.07) is 15.4. The summed E-state index contributed by atoms with van der Waals surface area (Å²) in [5, 5.41) is -0.00321. The Morgan fingerprint density at radius 1 is 1.28 bits per heavy atom. The molecule has 1 aliphatic rings. The molecule has 1 amide bonds. The van der Waals surface area contributed by atoms with Crippen molar-refractivity contribution in [3.63, 3.8) is 0 Å². The quantitative estimate of drug-likeness (QED) is 0.712. The molecule has 1 heterocycles. The molecule has 1 fully saturated rings. The van der Waals surface area contributed by atoms with Gasteiger partial charge in [-0.3, -0.25) is 4.79 Å². The minimum absolute atomic E-state index is 0.00321. The monoisotopic (exact) mass is 421 g/mol. The largest absolute Gasteiger partial charge is 0.496 e. The number of rotatable bonds is 5. The molecule has 1 saturated heterocycles. The first-order valence-electron chi connectivity index (χ1n) is 8.07. The summed E-state index contributed by atoms with van der Waals surface area (Å²) in [6.45, 7) is 2.53. The molecule has 0 bridgehead atoms. The molecule has 0 spiro atoms. The van der Waals surface area contributed by atoms with Crippen molar-refractivity contribution in [1.82, 2.24) is 4.90 Å². The molecule has 0 radical (unpaired) electrons. The number of hydrogen-bond acceptors (Lipinski definition) is 4. The van der Waals surface area contributed by atoms with E-state index in [4.69, 9.17) is 9.47 Å². The van der Waals surface area contributed by atoms with E-state index in [9.17, 15) is 4.79 Å². The lowest BCUT2D eigenvalue weighted by Gasteiger charge is -2.27. The standard InChI is InChI=1S/C19H20BrNO3S/c1-13(24-15-6-4-3-5-7-15)18(22)21-10-11-25-19(21)14-8-9-17(23-2)16(20)12-14/h3-9,12-13,19H,10-11H2,1-2H3. The molecule has 2 unspecified atom stereocenters. The van der Waals surface area contributed by atoms with E-state index in [2.05, 4.69) is 15.9 Å². The van der Waals surface area contributed by atoms with Gasteiger partial charge in [0.25, 0.3) is 5.91 Å². The summed E-state index contributed by atoms with van der Waals surface area (Å²) in [5.41, 5.74) is 1.08. The number of hydrogen-bond donors (Lipinski definition) is 0. The Morgan fingerprint density at radius 2 is 2.04 bits per heavy atom. The van der Waals surface area contributed by atoms with Crippen molar-refractivity contribution in [1.29, 1.82) is 0 Å². The molecule has 1 aliphatic heterocycles. The van der Waals surface area contributed by atoms with Crippen LogP contribution in [-0.4, -0.2) is 36.3 Å². The highest BCUT2D eigenvalue weighted by atomic mass is 79.9. The first-order chi connectivity index (χ1) is 12.1. The third kappa shape index (κ3) is 4.12. The second-order valence-corrected chi connectivity index (χ2v) is 7.76. The zero-order valence-corrected chi connectivity index (χ0v) is 16.5. The van der Waals surface area contributed by atoms with E-state index >= 15 is 0 Å². The van der Waals surface area contributed by atoms with Crippen LogP contribution in [0.5, 0.6) is 11.5 Å². The summed E-state index contributed by atoms with van der Waals surface area (Å²) in [5.74, 6) is 2.41. The minimum atomic E-state index is -0.523. The minimum Gasteiger partial charge on any atom is -0.496 e. The van der Waals surface area contributed by atoms with Crippen LogP contribution in [0, 0.1) is 0 Å². The summed E-state index contributed by atoms with van der Waals surface area (Å²) >= 11 is 5.29. The molecule has 0 aliphatic carbocycles. The third-order valence-electron chi connectivity index (χ3n) is 4.04. The molecule has 25 heavy (non-hydrogen) atoms. The first kappa shape index (κ1) is 18.1. The fraction of sp³-hybridized carbons (Fsp3) is 0.316. The molecule has 4 nitrogen and oxygen atoms in total. The number of para-hydroxylation sites is 1. The van der Waals surface area contributed by atoms with E-state index < -0.39 is 6.10 Å². The van der Waals surface area contributed by atoms with Crippen molar-refractivity contribution >= 4 is 33.6 Å². The van der Waals surface area contributed by atoms with Gasteiger partial charge in [0.15, 0.2) is 6.10 Å². The molecule has 0 aromatic heterocycles. The van der Waals surface area contributed by atoms with Crippen LogP contribution in [0.3, 0.4) is 0 Å². The van der Waals surface area contributed by atoms with Crippen molar-refractivity contribution in [2.75, 3.05) is 19.4 Å². The molecule has 2 aromatic carbocycles. The number of methoxy groups -OCH3 is 1. The Kier molecular flexibility index (Phi) is 5.91. The van der Waals surface area contributed by atoms with E-state index in [1.165, 1.54) is 0 Å². The topological polar surface area (TPSA) is 38.8 Å². The predicted molar refractivity (Wildman–Crippen MR) is 104 cm³/mol. The van der Waals surface area contributed by atoms with E-state index in [0.29, 0.717) is 5.75 Å². The maximum Gasteiger partial charge on any atom is 0.264 e. The average Bonchev–Trinajstić information content (AvgIpc) is 3.11. The van der Waals surface area contributed by atoms with Gasteiger partial charge < -0.3 is 14.4 Å². The van der Waals surface area contributed by atoms with Crippen LogP contribution >= 0.6 is 27.7 Å². The number of ether oxygens (including phenoxy) is 2. The SMILES string of the molecule is COc1ccc(C2SCCN2C(=O)C(C)Oc2ccccc2)cc1Br. The average molecular weight is 422 g/mol. The molecule has 2 aromatic rings. The van der Waals surface area contributed by atoms with Gasteiger partial charge in [-0.2, -0.15) is 0 Å². The number of benzene rings is 2. The summed E-state index contributed by atoms with van der Waals surface area (Å²) < 4.78 is 12.0. The second kappa shape index (κ2) is 8.15. The van der Waals surface area contributed by atoms with Crippen LogP contribution in [0.25, 0.3) is 0 Å². The second-order valence-electron chi connectivity index (χ2n) is 5.72. The van der Waals surface area contributed by atoms with E-state index in [1.54, 1.807) is 25.8 Å². The highest BCUT2D eigenvalue weighted by Gasteiger charge is 2.34. The van der Waals surface area contributed by atoms with Gasteiger partial charge in [-0.05, 0) is 52.7 Å². The van der Waals surface area contributed by atoms with Gasteiger partial charge in [0, 0.05) is 12.3 Å². The zero-order valence-electron chi connectivity index (χ0n) is 14.1.